The van der Waals surface area contributed by atoms with Crippen molar-refractivity contribution in [2.75, 3.05) is 33.4 Å². The van der Waals surface area contributed by atoms with Crippen molar-refractivity contribution >= 4 is 5.97 Å². The van der Waals surface area contributed by atoms with Crippen LogP contribution in [0.1, 0.15) is 23.2 Å². The summed E-state index contributed by atoms with van der Waals surface area (Å²) in [6.07, 6.45) is 1.86. The predicted octanol–water partition coefficient (Wildman–Crippen LogP) is 1.95. The summed E-state index contributed by atoms with van der Waals surface area (Å²) in [7, 11) is 1.72. The van der Waals surface area contributed by atoms with Crippen LogP contribution in [0.5, 0.6) is 0 Å². The van der Waals surface area contributed by atoms with Gasteiger partial charge in [0.05, 0.1) is 12.2 Å². The number of likely N-dealkylation sites (tertiary alicyclic amines) is 1. The van der Waals surface area contributed by atoms with E-state index in [0.717, 1.165) is 39.1 Å². The van der Waals surface area contributed by atoms with Gasteiger partial charge in [-0.25, -0.2) is 4.79 Å². The quantitative estimate of drug-likeness (QED) is 0.761. The number of nitrogens with zero attached hydrogens (tertiary/aromatic N) is 1. The Labute approximate surface area is 114 Å². The van der Waals surface area contributed by atoms with Gasteiger partial charge < -0.3 is 14.4 Å². The van der Waals surface area contributed by atoms with Gasteiger partial charge in [-0.1, -0.05) is 18.2 Å². The smallest absolute Gasteiger partial charge is 0.338 e. The lowest BCUT2D eigenvalue weighted by atomic mass is 10.1. The first kappa shape index (κ1) is 14.0. The maximum atomic E-state index is 11.9. The van der Waals surface area contributed by atoms with Crippen LogP contribution in [-0.2, 0) is 9.47 Å². The van der Waals surface area contributed by atoms with Gasteiger partial charge >= 0.3 is 5.97 Å². The molecule has 0 bridgehead atoms. The number of piperidine rings is 1. The number of carbonyl (C=O) groups excluding carboxylic acids is 1. The first-order valence-electron chi connectivity index (χ1n) is 6.77. The molecule has 0 unspecified atom stereocenters. The summed E-state index contributed by atoms with van der Waals surface area (Å²) < 4.78 is 10.6. The van der Waals surface area contributed by atoms with Crippen LogP contribution in [0.3, 0.4) is 0 Å². The molecule has 1 aromatic rings. The van der Waals surface area contributed by atoms with E-state index in [1.165, 1.54) is 0 Å². The van der Waals surface area contributed by atoms with Crippen LogP contribution in [-0.4, -0.2) is 50.3 Å². The summed E-state index contributed by atoms with van der Waals surface area (Å²) in [5, 5.41) is 0. The van der Waals surface area contributed by atoms with Crippen LogP contribution in [0.4, 0.5) is 0 Å². The average Bonchev–Trinajstić information content (AvgIpc) is 2.47. The third-order valence-corrected chi connectivity index (χ3v) is 3.43. The SMILES string of the molecule is COCCN1CCC(OC(=O)c2ccccc2)CC1. The monoisotopic (exact) mass is 263 g/mol. The lowest BCUT2D eigenvalue weighted by molar-refractivity contribution is 0.00876. The zero-order chi connectivity index (χ0) is 13.5. The van der Waals surface area contributed by atoms with E-state index < -0.39 is 0 Å². The molecule has 0 atom stereocenters. The molecule has 0 spiro atoms. The van der Waals surface area contributed by atoms with Gasteiger partial charge in [0.15, 0.2) is 0 Å². The highest BCUT2D eigenvalue weighted by molar-refractivity contribution is 5.89. The molecular weight excluding hydrogens is 242 g/mol. The highest BCUT2D eigenvalue weighted by atomic mass is 16.5. The highest BCUT2D eigenvalue weighted by Gasteiger charge is 2.22. The molecule has 1 heterocycles. The molecular formula is C15H21NO3. The summed E-state index contributed by atoms with van der Waals surface area (Å²) in [4.78, 5) is 14.3. The third kappa shape index (κ3) is 4.33. The summed E-state index contributed by atoms with van der Waals surface area (Å²) in [5.74, 6) is -0.212. The Balaban J connectivity index is 1.75. The Morgan fingerprint density at radius 1 is 1.26 bits per heavy atom. The van der Waals surface area contributed by atoms with Crippen LogP contribution < -0.4 is 0 Å². The average molecular weight is 263 g/mol. The second-order valence-electron chi connectivity index (χ2n) is 4.81. The van der Waals surface area contributed by atoms with E-state index in [9.17, 15) is 4.79 Å². The number of hydrogen-bond acceptors (Lipinski definition) is 4. The Bertz CT molecular complexity index is 386. The summed E-state index contributed by atoms with van der Waals surface area (Å²) in [6, 6.07) is 9.17. The molecule has 1 aliphatic heterocycles. The Kier molecular flexibility index (Phi) is 5.36. The fourth-order valence-corrected chi connectivity index (χ4v) is 2.26. The van der Waals surface area contributed by atoms with E-state index >= 15 is 0 Å². The van der Waals surface area contributed by atoms with Crippen molar-refractivity contribution in [2.45, 2.75) is 18.9 Å². The zero-order valence-electron chi connectivity index (χ0n) is 11.4. The number of methoxy groups -OCH3 is 1. The normalized spacial score (nSPS) is 17.3. The molecule has 0 aromatic heterocycles. The van der Waals surface area contributed by atoms with Crippen LogP contribution in [0.25, 0.3) is 0 Å². The molecule has 1 aromatic carbocycles. The van der Waals surface area contributed by atoms with Gasteiger partial charge in [-0.3, -0.25) is 0 Å². The molecule has 0 aliphatic carbocycles. The first-order valence-corrected chi connectivity index (χ1v) is 6.77. The van der Waals surface area contributed by atoms with Crippen molar-refractivity contribution < 1.29 is 14.3 Å². The molecule has 1 fully saturated rings. The summed E-state index contributed by atoms with van der Waals surface area (Å²) in [5.41, 5.74) is 0.629. The number of carbonyl (C=O) groups is 1. The van der Waals surface area contributed by atoms with Gasteiger partial charge in [0.25, 0.3) is 0 Å². The minimum Gasteiger partial charge on any atom is -0.459 e. The molecule has 0 saturated carbocycles. The Morgan fingerprint density at radius 2 is 1.95 bits per heavy atom. The number of benzene rings is 1. The fourth-order valence-electron chi connectivity index (χ4n) is 2.26. The Morgan fingerprint density at radius 3 is 2.58 bits per heavy atom. The second kappa shape index (κ2) is 7.26. The highest BCUT2D eigenvalue weighted by Crippen LogP contribution is 2.15. The van der Waals surface area contributed by atoms with Gasteiger partial charge in [-0.2, -0.15) is 0 Å². The van der Waals surface area contributed by atoms with E-state index in [-0.39, 0.29) is 12.1 Å². The lowest BCUT2D eigenvalue weighted by Gasteiger charge is -2.31. The van der Waals surface area contributed by atoms with Gasteiger partial charge in [-0.05, 0) is 25.0 Å². The van der Waals surface area contributed by atoms with Gasteiger partial charge in [0.1, 0.15) is 6.10 Å². The van der Waals surface area contributed by atoms with Crippen LogP contribution >= 0.6 is 0 Å². The number of ether oxygens (including phenoxy) is 2. The molecule has 1 aliphatic rings. The van der Waals surface area contributed by atoms with Gasteiger partial charge in [-0.15, -0.1) is 0 Å². The third-order valence-electron chi connectivity index (χ3n) is 3.43. The minimum absolute atomic E-state index is 0.0477. The van der Waals surface area contributed by atoms with E-state index in [0.29, 0.717) is 5.56 Å². The predicted molar refractivity (Wildman–Crippen MR) is 73.2 cm³/mol. The maximum absolute atomic E-state index is 11.9. The second-order valence-corrected chi connectivity index (χ2v) is 4.81. The van der Waals surface area contributed by atoms with Crippen molar-refractivity contribution in [3.8, 4) is 0 Å². The molecule has 0 N–H and O–H groups in total. The lowest BCUT2D eigenvalue weighted by Crippen LogP contribution is -2.39. The van der Waals surface area contributed by atoms with Crippen molar-refractivity contribution in [1.29, 1.82) is 0 Å². The maximum Gasteiger partial charge on any atom is 0.338 e. The van der Waals surface area contributed by atoms with Crippen LogP contribution in [0.15, 0.2) is 30.3 Å². The molecule has 0 radical (unpaired) electrons. The van der Waals surface area contributed by atoms with Gasteiger partial charge in [0.2, 0.25) is 0 Å². The molecule has 1 saturated heterocycles. The largest absolute Gasteiger partial charge is 0.459 e. The fraction of sp³-hybridized carbons (Fsp3) is 0.533. The van der Waals surface area contributed by atoms with Crippen molar-refractivity contribution in [3.05, 3.63) is 35.9 Å². The standard InChI is InChI=1S/C15H21NO3/c1-18-12-11-16-9-7-14(8-10-16)19-15(17)13-5-3-2-4-6-13/h2-6,14H,7-12H2,1H3. The summed E-state index contributed by atoms with van der Waals surface area (Å²) in [6.45, 7) is 3.65. The first-order chi connectivity index (χ1) is 9.29. The Hall–Kier alpha value is -1.39. The van der Waals surface area contributed by atoms with Crippen molar-refractivity contribution in [2.24, 2.45) is 0 Å². The number of rotatable bonds is 5. The zero-order valence-corrected chi connectivity index (χ0v) is 11.4. The topological polar surface area (TPSA) is 38.8 Å². The van der Waals surface area contributed by atoms with Gasteiger partial charge in [0, 0.05) is 26.7 Å². The molecule has 2 rings (SSSR count). The van der Waals surface area contributed by atoms with E-state index in [1.54, 1.807) is 19.2 Å². The molecule has 104 valence electrons. The van der Waals surface area contributed by atoms with E-state index in [2.05, 4.69) is 4.90 Å². The molecule has 4 nitrogen and oxygen atoms in total. The van der Waals surface area contributed by atoms with Crippen LogP contribution in [0, 0.1) is 0 Å². The number of hydrogen-bond donors (Lipinski definition) is 0. The minimum atomic E-state index is -0.212. The number of esters is 1. The van der Waals surface area contributed by atoms with E-state index in [4.69, 9.17) is 9.47 Å². The van der Waals surface area contributed by atoms with Crippen LogP contribution in [0.2, 0.25) is 0 Å². The molecule has 19 heavy (non-hydrogen) atoms. The summed E-state index contributed by atoms with van der Waals surface area (Å²) >= 11 is 0. The molecule has 0 amide bonds. The van der Waals surface area contributed by atoms with Crippen molar-refractivity contribution in [3.63, 3.8) is 0 Å². The van der Waals surface area contributed by atoms with Crippen molar-refractivity contribution in [1.82, 2.24) is 4.90 Å². The molecule has 4 heteroatoms. The van der Waals surface area contributed by atoms with E-state index in [1.807, 2.05) is 18.2 Å².